The van der Waals surface area contributed by atoms with E-state index in [1.54, 1.807) is 43.4 Å². The topological polar surface area (TPSA) is 81.0 Å². The number of nitriles is 1. The summed E-state index contributed by atoms with van der Waals surface area (Å²) in [6.45, 7) is 3.31. The quantitative estimate of drug-likeness (QED) is 0.606. The summed E-state index contributed by atoms with van der Waals surface area (Å²) in [5, 5.41) is 9.10. The second-order valence-corrected chi connectivity index (χ2v) is 6.49. The van der Waals surface area contributed by atoms with E-state index in [-0.39, 0.29) is 11.9 Å². The highest BCUT2D eigenvalue weighted by atomic mass is 16.5. The average Bonchev–Trinajstić information content (AvgIpc) is 2.76. The van der Waals surface area contributed by atoms with Gasteiger partial charge in [-0.1, -0.05) is 12.1 Å². The Morgan fingerprint density at radius 2 is 1.97 bits per heavy atom. The Morgan fingerprint density at radius 1 is 1.14 bits per heavy atom. The SMILES string of the molecule is CCOc1ccc([C@@H]2[C@@H](Oc3cccc(C#N)c3)C(=O)N2CCOC)cc1OC. The van der Waals surface area contributed by atoms with Crippen LogP contribution in [-0.2, 0) is 9.53 Å². The van der Waals surface area contributed by atoms with Crippen molar-refractivity contribution in [2.24, 2.45) is 0 Å². The molecule has 0 radical (unpaired) electrons. The molecule has 1 amide bonds. The minimum Gasteiger partial charge on any atom is -0.493 e. The molecule has 152 valence electrons. The van der Waals surface area contributed by atoms with Crippen LogP contribution in [0, 0.1) is 11.3 Å². The zero-order chi connectivity index (χ0) is 20.8. The van der Waals surface area contributed by atoms with Gasteiger partial charge in [-0.2, -0.15) is 5.26 Å². The molecule has 0 saturated carbocycles. The largest absolute Gasteiger partial charge is 0.493 e. The number of amides is 1. The zero-order valence-electron chi connectivity index (χ0n) is 16.8. The van der Waals surface area contributed by atoms with Crippen LogP contribution in [0.4, 0.5) is 0 Å². The van der Waals surface area contributed by atoms with Gasteiger partial charge in [-0.05, 0) is 42.8 Å². The number of β-lactam (4-membered cyclic amide) rings is 1. The van der Waals surface area contributed by atoms with Crippen LogP contribution in [0.1, 0.15) is 24.1 Å². The number of hydrogen-bond donors (Lipinski definition) is 0. The van der Waals surface area contributed by atoms with Gasteiger partial charge in [0.2, 0.25) is 6.10 Å². The van der Waals surface area contributed by atoms with Gasteiger partial charge in [0.05, 0.1) is 32.0 Å². The number of carbonyl (C=O) groups is 1. The van der Waals surface area contributed by atoms with Crippen molar-refractivity contribution in [3.8, 4) is 23.3 Å². The van der Waals surface area contributed by atoms with Crippen LogP contribution in [0.15, 0.2) is 42.5 Å². The van der Waals surface area contributed by atoms with Crippen LogP contribution < -0.4 is 14.2 Å². The van der Waals surface area contributed by atoms with Gasteiger partial charge in [0.15, 0.2) is 11.5 Å². The van der Waals surface area contributed by atoms with E-state index in [1.165, 1.54) is 0 Å². The van der Waals surface area contributed by atoms with E-state index in [1.807, 2.05) is 25.1 Å². The van der Waals surface area contributed by atoms with Crippen LogP contribution in [0.2, 0.25) is 0 Å². The van der Waals surface area contributed by atoms with E-state index in [9.17, 15) is 4.79 Å². The Labute approximate surface area is 170 Å². The molecule has 1 fully saturated rings. The number of carbonyl (C=O) groups excluding carboxylic acids is 1. The molecule has 0 aliphatic carbocycles. The minimum absolute atomic E-state index is 0.123. The normalized spacial score (nSPS) is 18.0. The number of methoxy groups -OCH3 is 2. The monoisotopic (exact) mass is 396 g/mol. The van der Waals surface area contributed by atoms with Crippen LogP contribution >= 0.6 is 0 Å². The lowest BCUT2D eigenvalue weighted by molar-refractivity contribution is -0.165. The highest BCUT2D eigenvalue weighted by Gasteiger charge is 2.50. The summed E-state index contributed by atoms with van der Waals surface area (Å²) in [4.78, 5) is 14.5. The van der Waals surface area contributed by atoms with E-state index in [0.29, 0.717) is 42.6 Å². The number of hydrogen-bond acceptors (Lipinski definition) is 6. The molecule has 7 heteroatoms. The Balaban J connectivity index is 1.90. The third kappa shape index (κ3) is 4.28. The molecule has 2 atom stereocenters. The first kappa shape index (κ1) is 20.5. The van der Waals surface area contributed by atoms with Gasteiger partial charge < -0.3 is 23.8 Å². The predicted octanol–water partition coefficient (Wildman–Crippen LogP) is 2.94. The van der Waals surface area contributed by atoms with Crippen LogP contribution in [-0.4, -0.2) is 50.9 Å². The third-order valence-electron chi connectivity index (χ3n) is 4.74. The predicted molar refractivity (Wildman–Crippen MR) is 106 cm³/mol. The average molecular weight is 396 g/mol. The Morgan fingerprint density at radius 3 is 2.66 bits per heavy atom. The van der Waals surface area contributed by atoms with E-state index in [0.717, 1.165) is 5.56 Å². The molecule has 1 heterocycles. The maximum atomic E-state index is 12.8. The van der Waals surface area contributed by atoms with Crippen molar-refractivity contribution in [2.45, 2.75) is 19.1 Å². The van der Waals surface area contributed by atoms with Crippen LogP contribution in [0.3, 0.4) is 0 Å². The standard InChI is InChI=1S/C22H24N2O5/c1-4-28-18-9-8-16(13-19(18)27-3)20-21(22(25)24(20)10-11-26-2)29-17-7-5-6-15(12-17)14-23/h5-9,12-13,20-21H,4,10-11H2,1-3H3/t20-,21-/m1/s1. The molecule has 3 rings (SSSR count). The molecule has 1 aliphatic heterocycles. The van der Waals surface area contributed by atoms with Crippen molar-refractivity contribution >= 4 is 5.91 Å². The molecule has 0 N–H and O–H groups in total. The molecule has 1 saturated heterocycles. The molecular weight excluding hydrogens is 372 g/mol. The summed E-state index contributed by atoms with van der Waals surface area (Å²) >= 11 is 0. The third-order valence-corrected chi connectivity index (χ3v) is 4.74. The second-order valence-electron chi connectivity index (χ2n) is 6.49. The lowest BCUT2D eigenvalue weighted by Crippen LogP contribution is -2.61. The van der Waals surface area contributed by atoms with Gasteiger partial charge in [0.25, 0.3) is 5.91 Å². The van der Waals surface area contributed by atoms with Crippen molar-refractivity contribution in [3.63, 3.8) is 0 Å². The fourth-order valence-corrected chi connectivity index (χ4v) is 3.35. The Bertz CT molecular complexity index is 908. The molecule has 1 aliphatic rings. The smallest absolute Gasteiger partial charge is 0.266 e. The van der Waals surface area contributed by atoms with Crippen LogP contribution in [0.25, 0.3) is 0 Å². The Hall–Kier alpha value is -3.24. The van der Waals surface area contributed by atoms with Gasteiger partial charge in [0.1, 0.15) is 11.8 Å². The molecule has 0 unspecified atom stereocenters. The summed E-state index contributed by atoms with van der Waals surface area (Å²) in [6, 6.07) is 14.2. The van der Waals surface area contributed by atoms with Crippen molar-refractivity contribution < 1.29 is 23.7 Å². The molecule has 7 nitrogen and oxygen atoms in total. The molecule has 2 aromatic rings. The molecule has 2 aromatic carbocycles. The van der Waals surface area contributed by atoms with Crippen molar-refractivity contribution in [1.29, 1.82) is 5.26 Å². The first-order chi connectivity index (χ1) is 14.1. The summed E-state index contributed by atoms with van der Waals surface area (Å²) in [5.41, 5.74) is 1.35. The Kier molecular flexibility index (Phi) is 6.57. The van der Waals surface area contributed by atoms with Crippen molar-refractivity contribution in [3.05, 3.63) is 53.6 Å². The zero-order valence-corrected chi connectivity index (χ0v) is 16.8. The molecule has 29 heavy (non-hydrogen) atoms. The first-order valence-electron chi connectivity index (χ1n) is 9.39. The van der Waals surface area contributed by atoms with E-state index in [2.05, 4.69) is 6.07 Å². The van der Waals surface area contributed by atoms with Gasteiger partial charge in [-0.25, -0.2) is 0 Å². The molecule has 0 bridgehead atoms. The van der Waals surface area contributed by atoms with Gasteiger partial charge in [-0.15, -0.1) is 0 Å². The maximum Gasteiger partial charge on any atom is 0.266 e. The van der Waals surface area contributed by atoms with E-state index >= 15 is 0 Å². The first-order valence-corrected chi connectivity index (χ1v) is 9.39. The second kappa shape index (κ2) is 9.30. The summed E-state index contributed by atoms with van der Waals surface area (Å²) in [7, 11) is 3.18. The lowest BCUT2D eigenvalue weighted by atomic mass is 9.90. The fraction of sp³-hybridized carbons (Fsp3) is 0.364. The summed E-state index contributed by atoms with van der Waals surface area (Å²) in [6.07, 6.45) is -0.691. The maximum absolute atomic E-state index is 12.8. The number of ether oxygens (including phenoxy) is 4. The minimum atomic E-state index is -0.691. The number of nitrogens with zero attached hydrogens (tertiary/aromatic N) is 2. The van der Waals surface area contributed by atoms with Crippen molar-refractivity contribution in [2.75, 3.05) is 34.0 Å². The molecule has 0 spiro atoms. The number of likely N-dealkylation sites (tertiary alicyclic amines) is 1. The van der Waals surface area contributed by atoms with Gasteiger partial charge in [-0.3, -0.25) is 4.79 Å². The van der Waals surface area contributed by atoms with E-state index in [4.69, 9.17) is 24.2 Å². The van der Waals surface area contributed by atoms with Crippen LogP contribution in [0.5, 0.6) is 17.2 Å². The lowest BCUT2D eigenvalue weighted by Gasteiger charge is -2.46. The van der Waals surface area contributed by atoms with Crippen molar-refractivity contribution in [1.82, 2.24) is 4.90 Å². The van der Waals surface area contributed by atoms with E-state index < -0.39 is 6.10 Å². The van der Waals surface area contributed by atoms with Gasteiger partial charge in [0, 0.05) is 13.7 Å². The summed E-state index contributed by atoms with van der Waals surface area (Å²) < 4.78 is 22.2. The fourth-order valence-electron chi connectivity index (χ4n) is 3.35. The van der Waals surface area contributed by atoms with Gasteiger partial charge >= 0.3 is 0 Å². The molecule has 0 aromatic heterocycles. The number of rotatable bonds is 9. The highest BCUT2D eigenvalue weighted by Crippen LogP contribution is 2.40. The number of benzene rings is 2. The summed E-state index contributed by atoms with van der Waals surface area (Å²) in [5.74, 6) is 1.60. The highest BCUT2D eigenvalue weighted by molar-refractivity contribution is 5.89. The molecular formula is C22H24N2O5.